The molecule has 1 aromatic heterocycles. The van der Waals surface area contributed by atoms with Gasteiger partial charge in [0, 0.05) is 12.5 Å². The van der Waals surface area contributed by atoms with Crippen LogP contribution in [0.4, 0.5) is 4.39 Å². The molecule has 2 N–H and O–H groups in total. The van der Waals surface area contributed by atoms with Crippen LogP contribution in [0.25, 0.3) is 0 Å². The lowest BCUT2D eigenvalue weighted by molar-refractivity contribution is 0.323. The van der Waals surface area contributed by atoms with Crippen LogP contribution in [0.5, 0.6) is 0 Å². The van der Waals surface area contributed by atoms with Gasteiger partial charge in [-0.05, 0) is 24.5 Å². The van der Waals surface area contributed by atoms with E-state index in [1.165, 1.54) is 12.5 Å². The van der Waals surface area contributed by atoms with E-state index in [0.29, 0.717) is 23.7 Å². The molecule has 1 aromatic carbocycles. The fourth-order valence-corrected chi connectivity index (χ4v) is 2.94. The molecule has 1 aliphatic carbocycles. The lowest BCUT2D eigenvalue weighted by Crippen LogP contribution is -2.27. The van der Waals surface area contributed by atoms with Crippen molar-refractivity contribution in [1.29, 1.82) is 0 Å². The van der Waals surface area contributed by atoms with Crippen molar-refractivity contribution < 1.29 is 8.91 Å². The van der Waals surface area contributed by atoms with Crippen molar-refractivity contribution in [2.45, 2.75) is 50.5 Å². The van der Waals surface area contributed by atoms with E-state index >= 15 is 0 Å². The summed E-state index contributed by atoms with van der Waals surface area (Å²) in [5.74, 6) is 1.02. The molecule has 1 saturated carbocycles. The van der Waals surface area contributed by atoms with Crippen LogP contribution in [0.1, 0.15) is 55.3 Å². The summed E-state index contributed by atoms with van der Waals surface area (Å²) in [4.78, 5) is 4.44. The summed E-state index contributed by atoms with van der Waals surface area (Å²) in [6.07, 6.45) is 5.84. The minimum absolute atomic E-state index is 0.0780. The molecule has 0 saturated heterocycles. The van der Waals surface area contributed by atoms with Gasteiger partial charge in [-0.15, -0.1) is 0 Å². The first kappa shape index (κ1) is 14.2. The molecule has 21 heavy (non-hydrogen) atoms. The highest BCUT2D eigenvalue weighted by atomic mass is 19.1. The molecule has 0 bridgehead atoms. The van der Waals surface area contributed by atoms with Gasteiger partial charge in [-0.3, -0.25) is 0 Å². The van der Waals surface area contributed by atoms with Crippen LogP contribution >= 0.6 is 0 Å². The summed E-state index contributed by atoms with van der Waals surface area (Å²) >= 11 is 0. The average molecular weight is 289 g/mol. The van der Waals surface area contributed by atoms with Crippen molar-refractivity contribution in [1.82, 2.24) is 10.1 Å². The van der Waals surface area contributed by atoms with E-state index in [9.17, 15) is 4.39 Å². The van der Waals surface area contributed by atoms with E-state index in [-0.39, 0.29) is 17.8 Å². The zero-order valence-corrected chi connectivity index (χ0v) is 12.0. The average Bonchev–Trinajstić information content (AvgIpc) is 2.82. The Hall–Kier alpha value is -1.75. The number of halogens is 1. The van der Waals surface area contributed by atoms with Crippen molar-refractivity contribution in [3.05, 3.63) is 47.4 Å². The van der Waals surface area contributed by atoms with E-state index in [2.05, 4.69) is 10.1 Å². The summed E-state index contributed by atoms with van der Waals surface area (Å²) in [7, 11) is 0. The largest absolute Gasteiger partial charge is 0.339 e. The van der Waals surface area contributed by atoms with Crippen LogP contribution in [-0.4, -0.2) is 16.2 Å². The Morgan fingerprint density at radius 1 is 1.19 bits per heavy atom. The highest BCUT2D eigenvalue weighted by Gasteiger charge is 2.27. The van der Waals surface area contributed by atoms with Crippen LogP contribution in [0.3, 0.4) is 0 Å². The molecule has 3 rings (SSSR count). The molecule has 0 amide bonds. The maximum Gasteiger partial charge on any atom is 0.231 e. The maximum absolute atomic E-state index is 13.6. The number of nitrogens with two attached hydrogens (primary N) is 1. The lowest BCUT2D eigenvalue weighted by Gasteiger charge is -2.16. The van der Waals surface area contributed by atoms with Crippen LogP contribution in [0, 0.1) is 5.82 Å². The van der Waals surface area contributed by atoms with Crippen molar-refractivity contribution in [2.75, 3.05) is 0 Å². The number of hydrogen-bond donors (Lipinski definition) is 1. The molecule has 5 heteroatoms. The van der Waals surface area contributed by atoms with Crippen molar-refractivity contribution in [3.63, 3.8) is 0 Å². The molecule has 1 heterocycles. The van der Waals surface area contributed by atoms with Gasteiger partial charge in [0.1, 0.15) is 5.82 Å². The van der Waals surface area contributed by atoms with E-state index < -0.39 is 0 Å². The fraction of sp³-hybridized carbons (Fsp3) is 0.500. The lowest BCUT2D eigenvalue weighted by atomic mass is 9.95. The summed E-state index contributed by atoms with van der Waals surface area (Å²) in [5.41, 5.74) is 6.79. The zero-order chi connectivity index (χ0) is 14.7. The minimum atomic E-state index is -0.241. The molecule has 0 spiro atoms. The third-order valence-electron chi connectivity index (χ3n) is 4.18. The third-order valence-corrected chi connectivity index (χ3v) is 4.18. The van der Waals surface area contributed by atoms with Gasteiger partial charge in [0.2, 0.25) is 5.89 Å². The van der Waals surface area contributed by atoms with Crippen molar-refractivity contribution in [3.8, 4) is 0 Å². The summed E-state index contributed by atoms with van der Waals surface area (Å²) < 4.78 is 19.0. The van der Waals surface area contributed by atoms with Gasteiger partial charge in [-0.1, -0.05) is 42.6 Å². The number of benzene rings is 1. The number of aromatic nitrogens is 2. The predicted octanol–water partition coefficient (Wildman–Crippen LogP) is 3.17. The standard InChI is InChI=1S/C16H20FN3O/c17-13-8-5-4-6-11(13)10-15-19-16(21-20-15)12-7-2-1-3-9-14(12)18/h4-6,8,12,14H,1-3,7,9-10,18H2. The molecule has 2 unspecified atom stereocenters. The Kier molecular flexibility index (Phi) is 4.29. The Morgan fingerprint density at radius 3 is 2.86 bits per heavy atom. The number of rotatable bonds is 3. The number of hydrogen-bond acceptors (Lipinski definition) is 4. The molecule has 2 atom stereocenters. The van der Waals surface area contributed by atoms with Crippen LogP contribution in [-0.2, 0) is 6.42 Å². The first-order valence-electron chi connectivity index (χ1n) is 7.55. The molecule has 2 aromatic rings. The van der Waals surface area contributed by atoms with Crippen LogP contribution in [0.15, 0.2) is 28.8 Å². The third kappa shape index (κ3) is 3.29. The van der Waals surface area contributed by atoms with Crippen molar-refractivity contribution >= 4 is 0 Å². The minimum Gasteiger partial charge on any atom is -0.339 e. The van der Waals surface area contributed by atoms with E-state index in [0.717, 1.165) is 25.7 Å². The first-order valence-corrected chi connectivity index (χ1v) is 7.55. The molecule has 1 fully saturated rings. The predicted molar refractivity (Wildman–Crippen MR) is 77.3 cm³/mol. The Balaban J connectivity index is 1.75. The quantitative estimate of drug-likeness (QED) is 0.881. The Morgan fingerprint density at radius 2 is 2.00 bits per heavy atom. The summed E-state index contributed by atoms with van der Waals surface area (Å²) in [5, 5.41) is 3.98. The molecule has 0 radical (unpaired) electrons. The molecule has 0 aliphatic heterocycles. The normalized spacial score (nSPS) is 23.0. The fourth-order valence-electron chi connectivity index (χ4n) is 2.94. The highest BCUT2D eigenvalue weighted by Crippen LogP contribution is 2.30. The second kappa shape index (κ2) is 6.35. The topological polar surface area (TPSA) is 64.9 Å². The van der Waals surface area contributed by atoms with E-state index in [1.54, 1.807) is 18.2 Å². The molecule has 4 nitrogen and oxygen atoms in total. The highest BCUT2D eigenvalue weighted by molar-refractivity contribution is 5.20. The van der Waals surface area contributed by atoms with Gasteiger partial charge < -0.3 is 10.3 Å². The second-order valence-corrected chi connectivity index (χ2v) is 5.73. The van der Waals surface area contributed by atoms with Gasteiger partial charge in [0.15, 0.2) is 5.82 Å². The molecular weight excluding hydrogens is 269 g/mol. The monoisotopic (exact) mass is 289 g/mol. The van der Waals surface area contributed by atoms with E-state index in [1.807, 2.05) is 0 Å². The van der Waals surface area contributed by atoms with Crippen LogP contribution < -0.4 is 5.73 Å². The smallest absolute Gasteiger partial charge is 0.231 e. The SMILES string of the molecule is NC1CCCCCC1c1nc(Cc2ccccc2F)no1. The van der Waals surface area contributed by atoms with Gasteiger partial charge in [-0.25, -0.2) is 4.39 Å². The van der Waals surface area contributed by atoms with Crippen molar-refractivity contribution in [2.24, 2.45) is 5.73 Å². The molecular formula is C16H20FN3O. The zero-order valence-electron chi connectivity index (χ0n) is 12.0. The first-order chi connectivity index (χ1) is 10.2. The summed E-state index contributed by atoms with van der Waals surface area (Å²) in [6, 6.07) is 6.74. The molecule has 1 aliphatic rings. The maximum atomic E-state index is 13.6. The van der Waals surface area contributed by atoms with E-state index in [4.69, 9.17) is 10.3 Å². The number of nitrogens with zero attached hydrogens (tertiary/aromatic N) is 2. The van der Waals surface area contributed by atoms with Crippen LogP contribution in [0.2, 0.25) is 0 Å². The Bertz CT molecular complexity index is 599. The van der Waals surface area contributed by atoms with Gasteiger partial charge in [-0.2, -0.15) is 4.98 Å². The summed E-state index contributed by atoms with van der Waals surface area (Å²) in [6.45, 7) is 0. The molecule has 112 valence electrons. The van der Waals surface area contributed by atoms with Gasteiger partial charge in [0.05, 0.1) is 5.92 Å². The Labute approximate surface area is 123 Å². The van der Waals surface area contributed by atoms with Gasteiger partial charge >= 0.3 is 0 Å². The van der Waals surface area contributed by atoms with Gasteiger partial charge in [0.25, 0.3) is 0 Å². The second-order valence-electron chi connectivity index (χ2n) is 5.73.